The van der Waals surface area contributed by atoms with Crippen molar-refractivity contribution < 1.29 is 13.2 Å². The second-order valence-electron chi connectivity index (χ2n) is 5.62. The van der Waals surface area contributed by atoms with Crippen molar-refractivity contribution in [1.29, 1.82) is 0 Å². The van der Waals surface area contributed by atoms with Crippen molar-refractivity contribution in [3.05, 3.63) is 29.8 Å². The van der Waals surface area contributed by atoms with Crippen LogP contribution in [-0.2, 0) is 14.8 Å². The van der Waals surface area contributed by atoms with Crippen molar-refractivity contribution in [3.8, 4) is 0 Å². The van der Waals surface area contributed by atoms with E-state index in [2.05, 4.69) is 4.72 Å². The maximum Gasteiger partial charge on any atom is 0.240 e. The second-order valence-corrected chi connectivity index (χ2v) is 7.39. The lowest BCUT2D eigenvalue weighted by molar-refractivity contribution is 0.0287. The Morgan fingerprint density at radius 1 is 1.29 bits per heavy atom. The van der Waals surface area contributed by atoms with Gasteiger partial charge in [-0.15, -0.1) is 0 Å². The van der Waals surface area contributed by atoms with Gasteiger partial charge in [0.25, 0.3) is 0 Å². The van der Waals surface area contributed by atoms with Crippen LogP contribution in [0.5, 0.6) is 0 Å². The Morgan fingerprint density at radius 3 is 2.67 bits per heavy atom. The maximum atomic E-state index is 12.1. The number of nitrogens with two attached hydrogens (primary N) is 1. The zero-order valence-corrected chi connectivity index (χ0v) is 13.2. The van der Waals surface area contributed by atoms with Crippen molar-refractivity contribution in [2.75, 3.05) is 13.2 Å². The number of sulfonamides is 1. The molecule has 1 fully saturated rings. The lowest BCUT2D eigenvalue weighted by Crippen LogP contribution is -2.33. The molecule has 1 aliphatic rings. The minimum atomic E-state index is -3.44. The molecule has 0 bridgehead atoms. The van der Waals surface area contributed by atoms with Crippen LogP contribution in [0.1, 0.15) is 31.2 Å². The first-order chi connectivity index (χ1) is 9.97. The summed E-state index contributed by atoms with van der Waals surface area (Å²) in [5, 5.41) is 0. The Bertz CT molecular complexity index is 552. The molecule has 0 heterocycles. The third-order valence-corrected chi connectivity index (χ3v) is 5.23. The molecule has 21 heavy (non-hydrogen) atoms. The van der Waals surface area contributed by atoms with E-state index in [1.165, 1.54) is 0 Å². The molecule has 0 unspecified atom stereocenters. The fourth-order valence-corrected chi connectivity index (χ4v) is 3.64. The maximum absolute atomic E-state index is 12.1. The molecule has 0 atom stereocenters. The molecule has 0 aromatic heterocycles. The van der Waals surface area contributed by atoms with Crippen LogP contribution in [0, 0.1) is 6.92 Å². The average molecular weight is 312 g/mol. The molecule has 0 saturated heterocycles. The highest BCUT2D eigenvalue weighted by atomic mass is 32.2. The third kappa shape index (κ3) is 5.07. The zero-order chi connectivity index (χ0) is 15.3. The molecule has 0 spiro atoms. The van der Waals surface area contributed by atoms with Crippen LogP contribution in [-0.4, -0.2) is 33.7 Å². The van der Waals surface area contributed by atoms with Gasteiger partial charge in [0.15, 0.2) is 0 Å². The van der Waals surface area contributed by atoms with Gasteiger partial charge in [-0.1, -0.05) is 12.1 Å². The average Bonchev–Trinajstić information content (AvgIpc) is 2.45. The first-order valence-electron chi connectivity index (χ1n) is 7.41. The lowest BCUT2D eigenvalue weighted by atomic mass is 9.94. The zero-order valence-electron chi connectivity index (χ0n) is 12.4. The van der Waals surface area contributed by atoms with Gasteiger partial charge in [0.1, 0.15) is 0 Å². The second kappa shape index (κ2) is 7.35. The predicted octanol–water partition coefficient (Wildman–Crippen LogP) is 1.56. The molecule has 2 rings (SSSR count). The molecule has 118 valence electrons. The number of aryl methyl sites for hydroxylation is 1. The normalized spacial score (nSPS) is 23.1. The number of ether oxygens (including phenoxy) is 1. The van der Waals surface area contributed by atoms with Crippen LogP contribution in [0.2, 0.25) is 0 Å². The van der Waals surface area contributed by atoms with Gasteiger partial charge >= 0.3 is 0 Å². The van der Waals surface area contributed by atoms with E-state index in [0.29, 0.717) is 24.1 Å². The van der Waals surface area contributed by atoms with Crippen LogP contribution in [0.15, 0.2) is 29.2 Å². The summed E-state index contributed by atoms with van der Waals surface area (Å²) in [5.41, 5.74) is 6.76. The first kappa shape index (κ1) is 16.4. The fourth-order valence-electron chi connectivity index (χ4n) is 2.52. The molecule has 3 N–H and O–H groups in total. The van der Waals surface area contributed by atoms with Gasteiger partial charge in [0, 0.05) is 12.6 Å². The summed E-state index contributed by atoms with van der Waals surface area (Å²) in [6.45, 7) is 2.56. The predicted molar refractivity (Wildman–Crippen MR) is 82.6 cm³/mol. The molecular weight excluding hydrogens is 288 g/mol. The number of hydrogen-bond donors (Lipinski definition) is 2. The Balaban J connectivity index is 1.75. The summed E-state index contributed by atoms with van der Waals surface area (Å²) in [5.74, 6) is 0. The quantitative estimate of drug-likeness (QED) is 0.781. The highest BCUT2D eigenvalue weighted by Gasteiger charge is 2.19. The van der Waals surface area contributed by atoms with E-state index in [1.807, 2.05) is 13.0 Å². The van der Waals surface area contributed by atoms with E-state index in [9.17, 15) is 8.42 Å². The largest absolute Gasteiger partial charge is 0.377 e. The van der Waals surface area contributed by atoms with E-state index >= 15 is 0 Å². The third-order valence-electron chi connectivity index (χ3n) is 3.77. The van der Waals surface area contributed by atoms with Gasteiger partial charge in [-0.05, 0) is 50.3 Å². The van der Waals surface area contributed by atoms with E-state index in [1.54, 1.807) is 18.2 Å². The van der Waals surface area contributed by atoms with Crippen molar-refractivity contribution in [1.82, 2.24) is 4.72 Å². The van der Waals surface area contributed by atoms with E-state index in [4.69, 9.17) is 10.5 Å². The lowest BCUT2D eigenvalue weighted by Gasteiger charge is -2.26. The van der Waals surface area contributed by atoms with Gasteiger partial charge in [-0.25, -0.2) is 13.1 Å². The summed E-state index contributed by atoms with van der Waals surface area (Å²) < 4.78 is 32.5. The fraction of sp³-hybridized carbons (Fsp3) is 0.600. The van der Waals surface area contributed by atoms with Crippen LogP contribution in [0.4, 0.5) is 0 Å². The number of rotatable bonds is 6. The Hall–Kier alpha value is -0.950. The molecule has 0 aliphatic heterocycles. The van der Waals surface area contributed by atoms with Crippen LogP contribution in [0.3, 0.4) is 0 Å². The first-order valence-corrected chi connectivity index (χ1v) is 8.89. The summed E-state index contributed by atoms with van der Waals surface area (Å²) in [6.07, 6.45) is 4.12. The topological polar surface area (TPSA) is 81.4 Å². The van der Waals surface area contributed by atoms with Crippen molar-refractivity contribution >= 4 is 10.0 Å². The van der Waals surface area contributed by atoms with Crippen LogP contribution >= 0.6 is 0 Å². The SMILES string of the molecule is Cc1cccc(S(=O)(=O)NCCOC2CCC(N)CC2)c1. The summed E-state index contributed by atoms with van der Waals surface area (Å²) in [6, 6.07) is 7.16. The molecule has 0 amide bonds. The molecule has 0 radical (unpaired) electrons. The van der Waals surface area contributed by atoms with E-state index < -0.39 is 10.0 Å². The van der Waals surface area contributed by atoms with Gasteiger partial charge in [0.05, 0.1) is 17.6 Å². The van der Waals surface area contributed by atoms with Crippen molar-refractivity contribution in [2.24, 2.45) is 5.73 Å². The van der Waals surface area contributed by atoms with Gasteiger partial charge in [-0.3, -0.25) is 0 Å². The molecule has 1 aromatic rings. The van der Waals surface area contributed by atoms with E-state index in [0.717, 1.165) is 31.2 Å². The van der Waals surface area contributed by atoms with Crippen molar-refractivity contribution in [3.63, 3.8) is 0 Å². The summed E-state index contributed by atoms with van der Waals surface area (Å²) in [7, 11) is -3.44. The smallest absolute Gasteiger partial charge is 0.240 e. The Kier molecular flexibility index (Phi) is 5.75. The molecule has 1 aromatic carbocycles. The number of nitrogens with one attached hydrogen (secondary N) is 1. The van der Waals surface area contributed by atoms with E-state index in [-0.39, 0.29) is 6.10 Å². The molecular formula is C15H24N2O3S. The number of benzene rings is 1. The highest BCUT2D eigenvalue weighted by molar-refractivity contribution is 7.89. The van der Waals surface area contributed by atoms with Gasteiger partial charge < -0.3 is 10.5 Å². The Morgan fingerprint density at radius 2 is 2.00 bits per heavy atom. The molecule has 1 saturated carbocycles. The van der Waals surface area contributed by atoms with Crippen molar-refractivity contribution in [2.45, 2.75) is 49.6 Å². The minimum absolute atomic E-state index is 0.216. The molecule has 1 aliphatic carbocycles. The van der Waals surface area contributed by atoms with Crippen LogP contribution in [0.25, 0.3) is 0 Å². The van der Waals surface area contributed by atoms with Gasteiger partial charge in [0.2, 0.25) is 10.0 Å². The van der Waals surface area contributed by atoms with Crippen LogP contribution < -0.4 is 10.5 Å². The summed E-state index contributed by atoms with van der Waals surface area (Å²) >= 11 is 0. The summed E-state index contributed by atoms with van der Waals surface area (Å²) in [4.78, 5) is 0.297. The standard InChI is InChI=1S/C15H24N2O3S/c1-12-3-2-4-15(11-12)21(18,19)17-9-10-20-14-7-5-13(16)6-8-14/h2-4,11,13-14,17H,5-10,16H2,1H3. The minimum Gasteiger partial charge on any atom is -0.377 e. The molecule has 6 heteroatoms. The number of hydrogen-bond acceptors (Lipinski definition) is 4. The highest BCUT2D eigenvalue weighted by Crippen LogP contribution is 2.19. The van der Waals surface area contributed by atoms with Gasteiger partial charge in [-0.2, -0.15) is 0 Å². The Labute approximate surface area is 126 Å². The molecule has 5 nitrogen and oxygen atoms in total. The monoisotopic (exact) mass is 312 g/mol.